The molecule has 0 aliphatic rings. The van der Waals surface area contributed by atoms with Gasteiger partial charge in [-0.3, -0.25) is 9.89 Å². The molecule has 0 saturated heterocycles. The van der Waals surface area contributed by atoms with Gasteiger partial charge in [0.2, 0.25) is 0 Å². The summed E-state index contributed by atoms with van der Waals surface area (Å²) >= 11 is 0. The third-order valence-electron chi connectivity index (χ3n) is 3.89. The highest BCUT2D eigenvalue weighted by atomic mass is 19.4. The molecule has 3 rings (SSSR count). The highest BCUT2D eigenvalue weighted by Gasteiger charge is 2.30. The number of rotatable bonds is 5. The van der Waals surface area contributed by atoms with Crippen molar-refractivity contribution in [3.05, 3.63) is 77.1 Å². The van der Waals surface area contributed by atoms with E-state index in [1.54, 1.807) is 13.2 Å². The summed E-state index contributed by atoms with van der Waals surface area (Å²) in [5, 5.41) is 9.27. The molecule has 0 bridgehead atoms. The normalized spacial score (nSPS) is 11.3. The van der Waals surface area contributed by atoms with Gasteiger partial charge < -0.3 is 10.1 Å². The van der Waals surface area contributed by atoms with Crippen LogP contribution in [0.3, 0.4) is 0 Å². The van der Waals surface area contributed by atoms with Gasteiger partial charge >= 0.3 is 6.18 Å². The lowest BCUT2D eigenvalue weighted by Crippen LogP contribution is -2.12. The van der Waals surface area contributed by atoms with E-state index < -0.39 is 17.6 Å². The summed E-state index contributed by atoms with van der Waals surface area (Å²) in [5.41, 5.74) is 1.38. The molecule has 0 aliphatic heterocycles. The van der Waals surface area contributed by atoms with Crippen LogP contribution >= 0.6 is 0 Å². The van der Waals surface area contributed by atoms with Crippen molar-refractivity contribution in [2.75, 3.05) is 12.4 Å². The number of alkyl halides is 3. The summed E-state index contributed by atoms with van der Waals surface area (Å²) in [4.78, 5) is 12.2. The van der Waals surface area contributed by atoms with Gasteiger partial charge in [-0.2, -0.15) is 18.3 Å². The third-order valence-corrected chi connectivity index (χ3v) is 3.89. The first kappa shape index (κ1) is 18.5. The standard InChI is InChI=1S/C19H16F3N3O2/c1-27-16-8-2-12(3-9-16)10-15-11-17(25-24-15)18(26)23-14-6-4-13(5-7-14)19(20,21)22/h2-9,11H,10H2,1H3,(H,23,26)(H,24,25). The molecule has 2 N–H and O–H groups in total. The molecule has 1 amide bonds. The lowest BCUT2D eigenvalue weighted by Gasteiger charge is -2.08. The zero-order chi connectivity index (χ0) is 19.4. The van der Waals surface area contributed by atoms with Gasteiger partial charge in [0.15, 0.2) is 5.69 Å². The predicted molar refractivity (Wildman–Crippen MR) is 93.8 cm³/mol. The zero-order valence-electron chi connectivity index (χ0n) is 14.3. The van der Waals surface area contributed by atoms with Crippen LogP contribution in [0.1, 0.15) is 27.3 Å². The number of H-pyrrole nitrogens is 1. The average Bonchev–Trinajstić information content (AvgIpc) is 3.11. The smallest absolute Gasteiger partial charge is 0.416 e. The number of amides is 1. The molecule has 2 aromatic carbocycles. The minimum absolute atomic E-state index is 0.151. The second-order valence-corrected chi connectivity index (χ2v) is 5.83. The van der Waals surface area contributed by atoms with Crippen molar-refractivity contribution in [3.8, 4) is 5.75 Å². The Hall–Kier alpha value is -3.29. The van der Waals surface area contributed by atoms with Gasteiger partial charge in [0, 0.05) is 17.8 Å². The molecule has 0 unspecified atom stereocenters. The third kappa shape index (κ3) is 4.66. The van der Waals surface area contributed by atoms with Gasteiger partial charge in [0.1, 0.15) is 5.75 Å². The fourth-order valence-electron chi connectivity index (χ4n) is 2.47. The Balaban J connectivity index is 1.64. The molecule has 8 heteroatoms. The van der Waals surface area contributed by atoms with Crippen LogP contribution in [0.5, 0.6) is 5.75 Å². The van der Waals surface area contributed by atoms with Gasteiger partial charge in [-0.1, -0.05) is 12.1 Å². The van der Waals surface area contributed by atoms with Crippen LogP contribution in [-0.4, -0.2) is 23.2 Å². The van der Waals surface area contributed by atoms with Crippen molar-refractivity contribution in [1.82, 2.24) is 10.2 Å². The molecule has 0 spiro atoms. The second-order valence-electron chi connectivity index (χ2n) is 5.83. The number of aromatic nitrogens is 2. The Morgan fingerprint density at radius 2 is 1.78 bits per heavy atom. The molecule has 0 saturated carbocycles. The topological polar surface area (TPSA) is 67.0 Å². The number of hydrogen-bond acceptors (Lipinski definition) is 3. The summed E-state index contributed by atoms with van der Waals surface area (Å²) in [6.07, 6.45) is -3.87. The van der Waals surface area contributed by atoms with Crippen LogP contribution < -0.4 is 10.1 Å². The molecule has 0 radical (unpaired) electrons. The van der Waals surface area contributed by atoms with Crippen molar-refractivity contribution in [3.63, 3.8) is 0 Å². The molecule has 0 atom stereocenters. The van der Waals surface area contributed by atoms with E-state index in [0.717, 1.165) is 29.1 Å². The maximum atomic E-state index is 12.6. The minimum atomic E-state index is -4.42. The minimum Gasteiger partial charge on any atom is -0.497 e. The largest absolute Gasteiger partial charge is 0.497 e. The number of hydrogen-bond donors (Lipinski definition) is 2. The van der Waals surface area contributed by atoms with E-state index in [0.29, 0.717) is 6.42 Å². The monoisotopic (exact) mass is 375 g/mol. The Kier molecular flexibility index (Phi) is 5.16. The molecule has 27 heavy (non-hydrogen) atoms. The zero-order valence-corrected chi connectivity index (χ0v) is 14.3. The Morgan fingerprint density at radius 1 is 1.11 bits per heavy atom. The predicted octanol–water partition coefficient (Wildman–Crippen LogP) is 4.28. The van der Waals surface area contributed by atoms with Crippen LogP contribution in [0.2, 0.25) is 0 Å². The summed E-state index contributed by atoms with van der Waals surface area (Å²) in [6, 6.07) is 13.3. The first-order valence-corrected chi connectivity index (χ1v) is 8.01. The number of ether oxygens (including phenoxy) is 1. The van der Waals surface area contributed by atoms with Crippen LogP contribution in [0.4, 0.5) is 18.9 Å². The molecule has 140 valence electrons. The van der Waals surface area contributed by atoms with E-state index in [4.69, 9.17) is 4.74 Å². The summed E-state index contributed by atoms with van der Waals surface area (Å²) in [5.74, 6) is 0.243. The number of anilines is 1. The average molecular weight is 375 g/mol. The fourth-order valence-corrected chi connectivity index (χ4v) is 2.47. The van der Waals surface area contributed by atoms with Gasteiger partial charge in [-0.25, -0.2) is 0 Å². The number of benzene rings is 2. The van der Waals surface area contributed by atoms with E-state index in [1.165, 1.54) is 12.1 Å². The van der Waals surface area contributed by atoms with Gasteiger partial charge in [-0.05, 0) is 48.0 Å². The van der Waals surface area contributed by atoms with Crippen LogP contribution in [0, 0.1) is 0 Å². The SMILES string of the molecule is COc1ccc(Cc2cc(C(=O)Nc3ccc(C(F)(F)F)cc3)n[nH]2)cc1. The van der Waals surface area contributed by atoms with Gasteiger partial charge in [-0.15, -0.1) is 0 Å². The van der Waals surface area contributed by atoms with Gasteiger partial charge in [0.25, 0.3) is 5.91 Å². The van der Waals surface area contributed by atoms with E-state index in [9.17, 15) is 18.0 Å². The maximum absolute atomic E-state index is 12.6. The van der Waals surface area contributed by atoms with E-state index in [2.05, 4.69) is 15.5 Å². The number of aromatic amines is 1. The lowest BCUT2D eigenvalue weighted by atomic mass is 10.1. The maximum Gasteiger partial charge on any atom is 0.416 e. The van der Waals surface area contributed by atoms with Crippen molar-refractivity contribution in [2.45, 2.75) is 12.6 Å². The second kappa shape index (κ2) is 7.53. The number of carbonyl (C=O) groups is 1. The number of nitrogens with one attached hydrogen (secondary N) is 2. The lowest BCUT2D eigenvalue weighted by molar-refractivity contribution is -0.137. The summed E-state index contributed by atoms with van der Waals surface area (Å²) in [6.45, 7) is 0. The quantitative estimate of drug-likeness (QED) is 0.700. The van der Waals surface area contributed by atoms with Crippen molar-refractivity contribution in [1.29, 1.82) is 0 Å². The van der Waals surface area contributed by atoms with Crippen molar-refractivity contribution in [2.24, 2.45) is 0 Å². The van der Waals surface area contributed by atoms with Crippen molar-refractivity contribution >= 4 is 11.6 Å². The number of nitrogens with zero attached hydrogens (tertiary/aromatic N) is 1. The Morgan fingerprint density at radius 3 is 2.37 bits per heavy atom. The molecular weight excluding hydrogens is 359 g/mol. The summed E-state index contributed by atoms with van der Waals surface area (Å²) < 4.78 is 42.8. The number of halogens is 3. The van der Waals surface area contributed by atoms with E-state index in [1.807, 2.05) is 24.3 Å². The molecular formula is C19H16F3N3O2. The molecule has 0 aliphatic carbocycles. The fraction of sp³-hybridized carbons (Fsp3) is 0.158. The van der Waals surface area contributed by atoms with Crippen LogP contribution in [-0.2, 0) is 12.6 Å². The molecule has 0 fully saturated rings. The Labute approximate surface area is 153 Å². The first-order valence-electron chi connectivity index (χ1n) is 8.01. The molecule has 5 nitrogen and oxygen atoms in total. The summed E-state index contributed by atoms with van der Waals surface area (Å²) in [7, 11) is 1.59. The molecule has 1 heterocycles. The molecule has 1 aromatic heterocycles. The van der Waals surface area contributed by atoms with E-state index in [-0.39, 0.29) is 11.4 Å². The highest BCUT2D eigenvalue weighted by Crippen LogP contribution is 2.29. The number of methoxy groups -OCH3 is 1. The Bertz CT molecular complexity index is 917. The number of carbonyl (C=O) groups excluding carboxylic acids is 1. The van der Waals surface area contributed by atoms with Crippen LogP contribution in [0.25, 0.3) is 0 Å². The highest BCUT2D eigenvalue weighted by molar-refractivity contribution is 6.02. The first-order chi connectivity index (χ1) is 12.8. The molecule has 3 aromatic rings. The van der Waals surface area contributed by atoms with Crippen LogP contribution in [0.15, 0.2) is 54.6 Å². The van der Waals surface area contributed by atoms with Gasteiger partial charge in [0.05, 0.1) is 12.7 Å². The van der Waals surface area contributed by atoms with E-state index >= 15 is 0 Å². The van der Waals surface area contributed by atoms with Crippen molar-refractivity contribution < 1.29 is 22.7 Å².